The van der Waals surface area contributed by atoms with E-state index in [1.807, 2.05) is 62.4 Å². The SMILES string of the molecule is Cc1ccccc1C(CO)N(CCO)c1ccccc1C. The number of benzene rings is 2. The van der Waals surface area contributed by atoms with Gasteiger partial charge in [-0.2, -0.15) is 0 Å². The maximum absolute atomic E-state index is 9.93. The molecule has 0 spiro atoms. The lowest BCUT2D eigenvalue weighted by Crippen LogP contribution is -2.34. The Morgan fingerprint density at radius 3 is 2.10 bits per heavy atom. The Labute approximate surface area is 126 Å². The highest BCUT2D eigenvalue weighted by Gasteiger charge is 2.22. The number of hydrogen-bond donors (Lipinski definition) is 2. The fourth-order valence-electron chi connectivity index (χ4n) is 2.76. The van der Waals surface area contributed by atoms with Crippen molar-refractivity contribution in [1.82, 2.24) is 0 Å². The first-order valence-electron chi connectivity index (χ1n) is 7.28. The van der Waals surface area contributed by atoms with Crippen molar-refractivity contribution in [1.29, 1.82) is 0 Å². The van der Waals surface area contributed by atoms with E-state index >= 15 is 0 Å². The summed E-state index contributed by atoms with van der Waals surface area (Å²) >= 11 is 0. The molecule has 1 atom stereocenters. The van der Waals surface area contributed by atoms with Crippen LogP contribution in [0.1, 0.15) is 22.7 Å². The van der Waals surface area contributed by atoms with E-state index < -0.39 is 0 Å². The Morgan fingerprint density at radius 1 is 0.905 bits per heavy atom. The Hall–Kier alpha value is -1.84. The van der Waals surface area contributed by atoms with Crippen molar-refractivity contribution in [2.24, 2.45) is 0 Å². The average Bonchev–Trinajstić information content (AvgIpc) is 2.49. The third kappa shape index (κ3) is 3.43. The molecule has 0 heterocycles. The van der Waals surface area contributed by atoms with E-state index in [-0.39, 0.29) is 19.3 Å². The Balaban J connectivity index is 2.45. The lowest BCUT2D eigenvalue weighted by atomic mass is 9.99. The fraction of sp³-hybridized carbons (Fsp3) is 0.333. The zero-order chi connectivity index (χ0) is 15.2. The first-order valence-corrected chi connectivity index (χ1v) is 7.28. The van der Waals surface area contributed by atoms with Gasteiger partial charge >= 0.3 is 0 Å². The zero-order valence-electron chi connectivity index (χ0n) is 12.7. The second kappa shape index (κ2) is 7.25. The number of hydrogen-bond acceptors (Lipinski definition) is 3. The molecular formula is C18H23NO2. The van der Waals surface area contributed by atoms with Crippen LogP contribution < -0.4 is 4.90 Å². The Morgan fingerprint density at radius 2 is 1.52 bits per heavy atom. The van der Waals surface area contributed by atoms with Crippen molar-refractivity contribution in [3.8, 4) is 0 Å². The highest BCUT2D eigenvalue weighted by Crippen LogP contribution is 2.30. The summed E-state index contributed by atoms with van der Waals surface area (Å²) in [6, 6.07) is 16.0. The fourth-order valence-corrected chi connectivity index (χ4v) is 2.76. The number of anilines is 1. The molecule has 112 valence electrons. The molecule has 2 aromatic carbocycles. The molecule has 0 saturated heterocycles. The smallest absolute Gasteiger partial charge is 0.0777 e. The molecule has 21 heavy (non-hydrogen) atoms. The van der Waals surface area contributed by atoms with Gasteiger partial charge in [-0.1, -0.05) is 42.5 Å². The van der Waals surface area contributed by atoms with Crippen LogP contribution in [0, 0.1) is 13.8 Å². The highest BCUT2D eigenvalue weighted by atomic mass is 16.3. The lowest BCUT2D eigenvalue weighted by Gasteiger charge is -2.34. The van der Waals surface area contributed by atoms with E-state index in [1.54, 1.807) is 0 Å². The molecule has 0 radical (unpaired) electrons. The standard InChI is InChI=1S/C18H23NO2/c1-14-7-3-5-9-16(14)18(13-21)19(11-12-20)17-10-6-4-8-15(17)2/h3-10,18,20-21H,11-13H2,1-2H3. The summed E-state index contributed by atoms with van der Waals surface area (Å²) in [6.07, 6.45) is 0. The van der Waals surface area contributed by atoms with Crippen LogP contribution in [0.2, 0.25) is 0 Å². The Bertz CT molecular complexity index is 583. The number of nitrogens with zero attached hydrogens (tertiary/aromatic N) is 1. The molecule has 3 heteroatoms. The predicted octanol–water partition coefficient (Wildman–Crippen LogP) is 2.84. The van der Waals surface area contributed by atoms with Crippen LogP contribution in [0.4, 0.5) is 5.69 Å². The van der Waals surface area contributed by atoms with Crippen molar-refractivity contribution in [3.63, 3.8) is 0 Å². The van der Waals surface area contributed by atoms with Crippen molar-refractivity contribution in [2.75, 3.05) is 24.7 Å². The summed E-state index contributed by atoms with van der Waals surface area (Å²) in [5.41, 5.74) is 4.43. The molecule has 0 aliphatic heterocycles. The molecule has 2 rings (SSSR count). The molecule has 0 amide bonds. The maximum Gasteiger partial charge on any atom is 0.0777 e. The zero-order valence-corrected chi connectivity index (χ0v) is 12.7. The summed E-state index contributed by atoms with van der Waals surface area (Å²) in [5.74, 6) is 0. The molecule has 1 unspecified atom stereocenters. The van der Waals surface area contributed by atoms with Gasteiger partial charge in [0.25, 0.3) is 0 Å². The number of aliphatic hydroxyl groups excluding tert-OH is 2. The molecule has 0 bridgehead atoms. The molecule has 0 aromatic heterocycles. The molecular weight excluding hydrogens is 262 g/mol. The number of aliphatic hydroxyl groups is 2. The normalized spacial score (nSPS) is 12.2. The van der Waals surface area contributed by atoms with Crippen molar-refractivity contribution < 1.29 is 10.2 Å². The molecule has 0 aliphatic carbocycles. The third-order valence-electron chi connectivity index (χ3n) is 3.86. The molecule has 2 aromatic rings. The van der Waals surface area contributed by atoms with Crippen LogP contribution in [0.3, 0.4) is 0 Å². The third-order valence-corrected chi connectivity index (χ3v) is 3.86. The van der Waals surface area contributed by atoms with Crippen LogP contribution in [0.5, 0.6) is 0 Å². The first-order chi connectivity index (χ1) is 10.2. The van der Waals surface area contributed by atoms with Gasteiger partial charge in [0.15, 0.2) is 0 Å². The van der Waals surface area contributed by atoms with Crippen LogP contribution in [-0.4, -0.2) is 30.0 Å². The molecule has 0 saturated carbocycles. The van der Waals surface area contributed by atoms with E-state index in [9.17, 15) is 10.2 Å². The Kier molecular flexibility index (Phi) is 5.37. The van der Waals surface area contributed by atoms with Gasteiger partial charge in [-0.15, -0.1) is 0 Å². The molecule has 0 fully saturated rings. The van der Waals surface area contributed by atoms with Crippen molar-refractivity contribution >= 4 is 5.69 Å². The summed E-state index contributed by atoms with van der Waals surface area (Å²) < 4.78 is 0. The molecule has 3 nitrogen and oxygen atoms in total. The highest BCUT2D eigenvalue weighted by molar-refractivity contribution is 5.55. The van der Waals surface area contributed by atoms with Crippen LogP contribution in [0.15, 0.2) is 48.5 Å². The second-order valence-electron chi connectivity index (χ2n) is 5.26. The minimum atomic E-state index is -0.153. The van der Waals surface area contributed by atoms with Gasteiger partial charge in [-0.3, -0.25) is 0 Å². The lowest BCUT2D eigenvalue weighted by molar-refractivity contribution is 0.247. The second-order valence-corrected chi connectivity index (χ2v) is 5.26. The van der Waals surface area contributed by atoms with Gasteiger partial charge in [0.2, 0.25) is 0 Å². The minimum Gasteiger partial charge on any atom is -0.395 e. The van der Waals surface area contributed by atoms with Crippen molar-refractivity contribution in [2.45, 2.75) is 19.9 Å². The largest absolute Gasteiger partial charge is 0.395 e. The van der Waals surface area contributed by atoms with Gasteiger partial charge in [-0.25, -0.2) is 0 Å². The summed E-state index contributed by atoms with van der Waals surface area (Å²) in [7, 11) is 0. The average molecular weight is 285 g/mol. The molecule has 0 aliphatic rings. The van der Waals surface area contributed by atoms with Crippen LogP contribution in [0.25, 0.3) is 0 Å². The maximum atomic E-state index is 9.93. The number of rotatable bonds is 6. The van der Waals surface area contributed by atoms with E-state index in [4.69, 9.17) is 0 Å². The quantitative estimate of drug-likeness (QED) is 0.857. The summed E-state index contributed by atoms with van der Waals surface area (Å²) in [4.78, 5) is 2.08. The number of para-hydroxylation sites is 1. The van der Waals surface area contributed by atoms with E-state index in [1.165, 1.54) is 0 Å². The van der Waals surface area contributed by atoms with Gasteiger partial charge in [0.05, 0.1) is 19.3 Å². The van der Waals surface area contributed by atoms with Gasteiger partial charge in [0.1, 0.15) is 0 Å². The summed E-state index contributed by atoms with van der Waals surface area (Å²) in [5, 5.41) is 19.4. The summed E-state index contributed by atoms with van der Waals surface area (Å²) in [6.45, 7) is 4.65. The van der Waals surface area contributed by atoms with E-state index in [2.05, 4.69) is 4.90 Å². The first kappa shape index (κ1) is 15.5. The van der Waals surface area contributed by atoms with Crippen molar-refractivity contribution in [3.05, 3.63) is 65.2 Å². The molecule has 2 N–H and O–H groups in total. The van der Waals surface area contributed by atoms with Gasteiger partial charge in [0, 0.05) is 12.2 Å². The minimum absolute atomic E-state index is 0.0131. The topological polar surface area (TPSA) is 43.7 Å². The van der Waals surface area contributed by atoms with E-state index in [0.29, 0.717) is 6.54 Å². The monoisotopic (exact) mass is 285 g/mol. The van der Waals surface area contributed by atoms with Gasteiger partial charge in [-0.05, 0) is 36.6 Å². The predicted molar refractivity (Wildman–Crippen MR) is 86.6 cm³/mol. The van der Waals surface area contributed by atoms with Crippen LogP contribution >= 0.6 is 0 Å². The van der Waals surface area contributed by atoms with Crippen LogP contribution in [-0.2, 0) is 0 Å². The van der Waals surface area contributed by atoms with E-state index in [0.717, 1.165) is 22.4 Å². The number of aryl methyl sites for hydroxylation is 2. The van der Waals surface area contributed by atoms with Gasteiger partial charge < -0.3 is 15.1 Å².